The van der Waals surface area contributed by atoms with Crippen molar-refractivity contribution in [2.45, 2.75) is 0 Å². The lowest BCUT2D eigenvalue weighted by Gasteiger charge is -2.07. The summed E-state index contributed by atoms with van der Waals surface area (Å²) < 4.78 is 2.61. The molecule has 0 bridgehead atoms. The van der Waals surface area contributed by atoms with Gasteiger partial charge in [-0.1, -0.05) is 23.7 Å². The maximum absolute atomic E-state index is 12.1. The van der Waals surface area contributed by atoms with Crippen molar-refractivity contribution in [2.75, 3.05) is 5.32 Å². The minimum atomic E-state index is -0.160. The molecule has 4 rings (SSSR count). The van der Waals surface area contributed by atoms with Crippen molar-refractivity contribution in [3.63, 3.8) is 0 Å². The van der Waals surface area contributed by atoms with Gasteiger partial charge in [-0.15, -0.1) is 11.3 Å². The number of benzene rings is 2. The molecule has 4 aromatic rings. The zero-order valence-corrected chi connectivity index (χ0v) is 14.0. The first-order valence-corrected chi connectivity index (χ1v) is 8.49. The fourth-order valence-electron chi connectivity index (χ4n) is 2.50. The van der Waals surface area contributed by atoms with Crippen LogP contribution in [0.1, 0.15) is 9.67 Å². The van der Waals surface area contributed by atoms with E-state index in [1.54, 1.807) is 18.5 Å². The summed E-state index contributed by atoms with van der Waals surface area (Å²) in [5.41, 5.74) is 3.71. The zero-order valence-electron chi connectivity index (χ0n) is 12.4. The maximum Gasteiger partial charge on any atom is 0.265 e. The first kappa shape index (κ1) is 14.9. The molecule has 118 valence electrons. The number of halogens is 1. The molecule has 2 aromatic carbocycles. The summed E-state index contributed by atoms with van der Waals surface area (Å²) in [6.45, 7) is 0. The van der Waals surface area contributed by atoms with E-state index in [1.165, 1.54) is 11.3 Å². The summed E-state index contributed by atoms with van der Waals surface area (Å²) in [6, 6.07) is 19.0. The molecule has 2 aromatic heterocycles. The summed E-state index contributed by atoms with van der Waals surface area (Å²) in [6.07, 6.45) is 1.80. The van der Waals surface area contributed by atoms with Gasteiger partial charge < -0.3 is 5.32 Å². The van der Waals surface area contributed by atoms with Crippen LogP contribution in [0, 0.1) is 0 Å². The number of anilines is 1. The van der Waals surface area contributed by atoms with Crippen LogP contribution < -0.4 is 5.32 Å². The Bertz CT molecular complexity index is 1020. The van der Waals surface area contributed by atoms with E-state index in [9.17, 15) is 4.79 Å². The fourth-order valence-corrected chi connectivity index (χ4v) is 3.44. The molecule has 2 heterocycles. The smallest absolute Gasteiger partial charge is 0.265 e. The minimum absolute atomic E-state index is 0.160. The van der Waals surface area contributed by atoms with Gasteiger partial charge in [0.15, 0.2) is 0 Å². The summed E-state index contributed by atoms with van der Waals surface area (Å²) in [5.74, 6) is -0.160. The highest BCUT2D eigenvalue weighted by molar-refractivity contribution is 7.18. The number of para-hydroxylation sites is 2. The topological polar surface area (TPSA) is 46.9 Å². The molecule has 0 aliphatic carbocycles. The number of hydrogen-bond acceptors (Lipinski definition) is 3. The summed E-state index contributed by atoms with van der Waals surface area (Å²) >= 11 is 7.12. The number of rotatable bonds is 3. The number of amides is 1. The third-order valence-corrected chi connectivity index (χ3v) is 4.88. The van der Waals surface area contributed by atoms with Gasteiger partial charge in [0, 0.05) is 11.4 Å². The Hall–Kier alpha value is -2.63. The average molecular weight is 354 g/mol. The third kappa shape index (κ3) is 2.79. The lowest BCUT2D eigenvalue weighted by Crippen LogP contribution is -2.09. The van der Waals surface area contributed by atoms with E-state index in [1.807, 2.05) is 53.1 Å². The van der Waals surface area contributed by atoms with Gasteiger partial charge in [0.25, 0.3) is 5.91 Å². The van der Waals surface area contributed by atoms with Gasteiger partial charge in [-0.25, -0.2) is 4.98 Å². The highest BCUT2D eigenvalue weighted by Crippen LogP contribution is 2.23. The molecule has 0 atom stereocenters. The first-order chi connectivity index (χ1) is 11.7. The molecule has 0 spiro atoms. The standard InChI is InChI=1S/C18H12ClN3OS/c19-17-10-9-16(24-17)18(23)21-12-5-7-13(8-6-12)22-11-20-14-3-1-2-4-15(14)22/h1-11H,(H,21,23). The van der Waals surface area contributed by atoms with Crippen molar-refractivity contribution in [3.05, 3.63) is 76.2 Å². The van der Waals surface area contributed by atoms with Crippen LogP contribution in [-0.2, 0) is 0 Å². The molecule has 24 heavy (non-hydrogen) atoms. The van der Waals surface area contributed by atoms with Crippen molar-refractivity contribution in [1.29, 1.82) is 0 Å². The Labute approximate surface area is 147 Å². The normalized spacial score (nSPS) is 10.9. The van der Waals surface area contributed by atoms with Gasteiger partial charge in [0.2, 0.25) is 0 Å². The Balaban J connectivity index is 1.57. The highest BCUT2D eigenvalue weighted by atomic mass is 35.5. The SMILES string of the molecule is O=C(Nc1ccc(-n2cnc3ccccc32)cc1)c1ccc(Cl)s1. The van der Waals surface area contributed by atoms with E-state index in [-0.39, 0.29) is 5.91 Å². The lowest BCUT2D eigenvalue weighted by molar-refractivity contribution is 0.103. The Morgan fingerprint density at radius 2 is 1.83 bits per heavy atom. The molecular weight excluding hydrogens is 342 g/mol. The molecule has 1 N–H and O–H groups in total. The number of hydrogen-bond donors (Lipinski definition) is 1. The van der Waals surface area contributed by atoms with Crippen LogP contribution in [0.25, 0.3) is 16.7 Å². The second-order valence-corrected chi connectivity index (χ2v) is 6.92. The molecule has 0 saturated heterocycles. The predicted molar refractivity (Wildman–Crippen MR) is 98.4 cm³/mol. The van der Waals surface area contributed by atoms with Gasteiger partial charge in [-0.3, -0.25) is 9.36 Å². The van der Waals surface area contributed by atoms with E-state index in [4.69, 9.17) is 11.6 Å². The van der Waals surface area contributed by atoms with Gasteiger partial charge in [-0.2, -0.15) is 0 Å². The van der Waals surface area contributed by atoms with Crippen molar-refractivity contribution < 1.29 is 4.79 Å². The predicted octanol–water partition coefficient (Wildman–Crippen LogP) is 4.99. The van der Waals surface area contributed by atoms with Crippen LogP contribution in [0.2, 0.25) is 4.34 Å². The van der Waals surface area contributed by atoms with E-state index in [0.717, 1.165) is 22.4 Å². The van der Waals surface area contributed by atoms with Gasteiger partial charge >= 0.3 is 0 Å². The number of imidazole rings is 1. The van der Waals surface area contributed by atoms with Crippen molar-refractivity contribution in [1.82, 2.24) is 9.55 Å². The number of carbonyl (C=O) groups is 1. The number of nitrogens with one attached hydrogen (secondary N) is 1. The van der Waals surface area contributed by atoms with Crippen LogP contribution in [0.5, 0.6) is 0 Å². The summed E-state index contributed by atoms with van der Waals surface area (Å²) in [4.78, 5) is 17.1. The van der Waals surface area contributed by atoms with E-state index in [0.29, 0.717) is 9.21 Å². The molecule has 0 unspecified atom stereocenters. The van der Waals surface area contributed by atoms with E-state index >= 15 is 0 Å². The molecule has 0 aliphatic heterocycles. The molecule has 0 saturated carbocycles. The largest absolute Gasteiger partial charge is 0.321 e. The van der Waals surface area contributed by atoms with Crippen LogP contribution >= 0.6 is 22.9 Å². The first-order valence-electron chi connectivity index (χ1n) is 7.30. The average Bonchev–Trinajstić information content (AvgIpc) is 3.22. The molecular formula is C18H12ClN3OS. The van der Waals surface area contributed by atoms with E-state index in [2.05, 4.69) is 10.3 Å². The Kier molecular flexibility index (Phi) is 3.80. The van der Waals surface area contributed by atoms with Gasteiger partial charge in [-0.05, 0) is 48.5 Å². The van der Waals surface area contributed by atoms with E-state index < -0.39 is 0 Å². The third-order valence-electron chi connectivity index (χ3n) is 3.65. The molecule has 0 aliphatic rings. The maximum atomic E-state index is 12.1. The van der Waals surface area contributed by atoms with Crippen LogP contribution in [0.15, 0.2) is 67.0 Å². The molecule has 0 fully saturated rings. The molecule has 1 amide bonds. The quantitative estimate of drug-likeness (QED) is 0.563. The number of aromatic nitrogens is 2. The Morgan fingerprint density at radius 1 is 1.04 bits per heavy atom. The highest BCUT2D eigenvalue weighted by Gasteiger charge is 2.09. The van der Waals surface area contributed by atoms with Crippen LogP contribution in [0.4, 0.5) is 5.69 Å². The monoisotopic (exact) mass is 353 g/mol. The molecule has 4 nitrogen and oxygen atoms in total. The zero-order chi connectivity index (χ0) is 16.5. The van der Waals surface area contributed by atoms with Crippen molar-refractivity contribution in [2.24, 2.45) is 0 Å². The lowest BCUT2D eigenvalue weighted by atomic mass is 10.2. The van der Waals surface area contributed by atoms with Gasteiger partial charge in [0.05, 0.1) is 20.2 Å². The summed E-state index contributed by atoms with van der Waals surface area (Å²) in [7, 11) is 0. The number of nitrogens with zero attached hydrogens (tertiary/aromatic N) is 2. The molecule has 6 heteroatoms. The number of thiophene rings is 1. The van der Waals surface area contributed by atoms with Crippen molar-refractivity contribution in [3.8, 4) is 5.69 Å². The van der Waals surface area contributed by atoms with Crippen molar-refractivity contribution >= 4 is 45.6 Å². The minimum Gasteiger partial charge on any atom is -0.321 e. The van der Waals surface area contributed by atoms with Crippen LogP contribution in [0.3, 0.4) is 0 Å². The van der Waals surface area contributed by atoms with Gasteiger partial charge in [0.1, 0.15) is 6.33 Å². The Morgan fingerprint density at radius 3 is 2.58 bits per heavy atom. The molecule has 0 radical (unpaired) electrons. The summed E-state index contributed by atoms with van der Waals surface area (Å²) in [5, 5.41) is 2.87. The second-order valence-electron chi connectivity index (χ2n) is 5.21. The van der Waals surface area contributed by atoms with Crippen LogP contribution in [-0.4, -0.2) is 15.5 Å². The number of carbonyl (C=O) groups excluding carboxylic acids is 1. The fraction of sp³-hybridized carbons (Fsp3) is 0. The second kappa shape index (κ2) is 6.11. The number of fused-ring (bicyclic) bond motifs is 1.